The van der Waals surface area contributed by atoms with Gasteiger partial charge in [0.1, 0.15) is 0 Å². The van der Waals surface area contributed by atoms with Gasteiger partial charge >= 0.3 is 6.18 Å². The number of nitrogens with zero attached hydrogens (tertiary/aromatic N) is 4. The fourth-order valence-electron chi connectivity index (χ4n) is 3.88. The highest BCUT2D eigenvalue weighted by molar-refractivity contribution is 5.78. The standard InChI is InChI=1S/C22H27F3N4O/c1-3-29(4-2)21(30)15-28-10-6-8-17(14-28)20-13-26-12-19(27-20)16-7-5-9-18(11-16)22(23,24)25/h5,7,9,11-13,17H,3-4,6,8,10,14-15H2,1-2H3. The SMILES string of the molecule is CCN(CC)C(=O)CN1CCCC(c2cncc(-c3cccc(C(F)(F)F)c3)n2)C1. The van der Waals surface area contributed by atoms with E-state index < -0.39 is 11.7 Å². The molecular formula is C22H27F3N4O. The predicted octanol–water partition coefficient (Wildman–Crippen LogP) is 4.21. The molecule has 30 heavy (non-hydrogen) atoms. The number of piperidine rings is 1. The minimum atomic E-state index is -4.40. The van der Waals surface area contributed by atoms with Crippen molar-refractivity contribution >= 4 is 5.91 Å². The van der Waals surface area contributed by atoms with Crippen LogP contribution in [0.4, 0.5) is 13.2 Å². The van der Waals surface area contributed by atoms with Crippen molar-refractivity contribution in [2.45, 2.75) is 38.8 Å². The topological polar surface area (TPSA) is 49.3 Å². The van der Waals surface area contributed by atoms with Gasteiger partial charge in [-0.25, -0.2) is 4.98 Å². The highest BCUT2D eigenvalue weighted by atomic mass is 19.4. The summed E-state index contributed by atoms with van der Waals surface area (Å²) < 4.78 is 39.1. The normalized spacial score (nSPS) is 17.7. The number of likely N-dealkylation sites (N-methyl/N-ethyl adjacent to an activating group) is 1. The monoisotopic (exact) mass is 420 g/mol. The summed E-state index contributed by atoms with van der Waals surface area (Å²) in [4.78, 5) is 25.2. The van der Waals surface area contributed by atoms with Gasteiger partial charge in [-0.05, 0) is 45.4 Å². The van der Waals surface area contributed by atoms with Crippen LogP contribution in [-0.4, -0.2) is 58.4 Å². The second-order valence-corrected chi connectivity index (χ2v) is 7.55. The molecule has 1 amide bonds. The Morgan fingerprint density at radius 2 is 2.00 bits per heavy atom. The number of rotatable bonds is 6. The van der Waals surface area contributed by atoms with Gasteiger partial charge in [0.15, 0.2) is 0 Å². The summed E-state index contributed by atoms with van der Waals surface area (Å²) in [6.07, 6.45) is 0.617. The molecule has 0 bridgehead atoms. The van der Waals surface area contributed by atoms with Crippen LogP contribution in [0, 0.1) is 0 Å². The van der Waals surface area contributed by atoms with Crippen molar-refractivity contribution < 1.29 is 18.0 Å². The molecule has 162 valence electrons. The van der Waals surface area contributed by atoms with E-state index in [1.807, 2.05) is 18.7 Å². The van der Waals surface area contributed by atoms with E-state index in [-0.39, 0.29) is 11.8 Å². The van der Waals surface area contributed by atoms with E-state index in [1.165, 1.54) is 12.3 Å². The largest absolute Gasteiger partial charge is 0.416 e. The molecule has 5 nitrogen and oxygen atoms in total. The van der Waals surface area contributed by atoms with E-state index in [0.717, 1.165) is 37.2 Å². The maximum Gasteiger partial charge on any atom is 0.416 e. The Kier molecular flexibility index (Phi) is 7.07. The van der Waals surface area contributed by atoms with Crippen molar-refractivity contribution in [3.05, 3.63) is 47.9 Å². The molecule has 1 aromatic carbocycles. The maximum atomic E-state index is 13.0. The van der Waals surface area contributed by atoms with E-state index >= 15 is 0 Å². The lowest BCUT2D eigenvalue weighted by Gasteiger charge is -2.33. The minimum Gasteiger partial charge on any atom is -0.342 e. The third kappa shape index (κ3) is 5.36. The van der Waals surface area contributed by atoms with Crippen molar-refractivity contribution in [1.29, 1.82) is 0 Å². The molecule has 1 unspecified atom stereocenters. The molecule has 1 aromatic heterocycles. The minimum absolute atomic E-state index is 0.0986. The molecule has 1 saturated heterocycles. The summed E-state index contributed by atoms with van der Waals surface area (Å²) in [6.45, 7) is 7.23. The number of benzene rings is 1. The molecule has 1 aliphatic rings. The third-order valence-electron chi connectivity index (χ3n) is 5.54. The van der Waals surface area contributed by atoms with Crippen molar-refractivity contribution in [3.63, 3.8) is 0 Å². The van der Waals surface area contributed by atoms with Crippen molar-refractivity contribution in [2.75, 3.05) is 32.7 Å². The Bertz CT molecular complexity index is 867. The predicted molar refractivity (Wildman–Crippen MR) is 109 cm³/mol. The van der Waals surface area contributed by atoms with Crippen LogP contribution in [0.25, 0.3) is 11.3 Å². The number of hydrogen-bond acceptors (Lipinski definition) is 4. The van der Waals surface area contributed by atoms with Gasteiger partial charge in [-0.2, -0.15) is 13.2 Å². The number of aromatic nitrogens is 2. The first kappa shape index (κ1) is 22.2. The second kappa shape index (κ2) is 9.55. The molecule has 1 aliphatic heterocycles. The van der Waals surface area contributed by atoms with Crippen LogP contribution in [0.1, 0.15) is 43.9 Å². The van der Waals surface area contributed by atoms with Gasteiger partial charge in [0.2, 0.25) is 5.91 Å². The molecule has 2 heterocycles. The van der Waals surface area contributed by atoms with E-state index in [2.05, 4.69) is 14.9 Å². The Balaban J connectivity index is 1.75. The summed E-state index contributed by atoms with van der Waals surface area (Å²) in [5, 5.41) is 0. The fraction of sp³-hybridized carbons (Fsp3) is 0.500. The van der Waals surface area contributed by atoms with E-state index in [1.54, 1.807) is 12.3 Å². The number of likely N-dealkylation sites (tertiary alicyclic amines) is 1. The molecule has 1 atom stereocenters. The molecular weight excluding hydrogens is 393 g/mol. The summed E-state index contributed by atoms with van der Waals surface area (Å²) in [5.74, 6) is 0.214. The zero-order valence-electron chi connectivity index (χ0n) is 17.3. The molecule has 3 rings (SSSR count). The zero-order valence-corrected chi connectivity index (χ0v) is 17.3. The third-order valence-corrected chi connectivity index (χ3v) is 5.54. The molecule has 0 N–H and O–H groups in total. The van der Waals surface area contributed by atoms with E-state index in [0.29, 0.717) is 37.4 Å². The number of carbonyl (C=O) groups is 1. The number of hydrogen-bond donors (Lipinski definition) is 0. The van der Waals surface area contributed by atoms with Crippen LogP contribution in [0.2, 0.25) is 0 Å². The van der Waals surface area contributed by atoms with Gasteiger partial charge in [-0.3, -0.25) is 14.7 Å². The quantitative estimate of drug-likeness (QED) is 0.703. The molecule has 0 aliphatic carbocycles. The van der Waals surface area contributed by atoms with Gasteiger partial charge in [-0.15, -0.1) is 0 Å². The Hall–Kier alpha value is -2.48. The first-order valence-electron chi connectivity index (χ1n) is 10.3. The van der Waals surface area contributed by atoms with Gasteiger partial charge in [0.05, 0.1) is 29.7 Å². The molecule has 0 radical (unpaired) electrons. The average molecular weight is 420 g/mol. The highest BCUT2D eigenvalue weighted by Crippen LogP contribution is 2.32. The van der Waals surface area contributed by atoms with Crippen LogP contribution in [-0.2, 0) is 11.0 Å². The van der Waals surface area contributed by atoms with Crippen LogP contribution in [0.3, 0.4) is 0 Å². The molecule has 2 aromatic rings. The lowest BCUT2D eigenvalue weighted by Crippen LogP contribution is -2.43. The number of alkyl halides is 3. The Morgan fingerprint density at radius 1 is 1.23 bits per heavy atom. The summed E-state index contributed by atoms with van der Waals surface area (Å²) in [6, 6.07) is 5.14. The average Bonchev–Trinajstić information content (AvgIpc) is 2.74. The van der Waals surface area contributed by atoms with E-state index in [9.17, 15) is 18.0 Å². The zero-order chi connectivity index (χ0) is 21.7. The molecule has 8 heteroatoms. The van der Waals surface area contributed by atoms with Crippen LogP contribution >= 0.6 is 0 Å². The lowest BCUT2D eigenvalue weighted by molar-refractivity contribution is -0.137. The Morgan fingerprint density at radius 3 is 2.70 bits per heavy atom. The molecule has 0 spiro atoms. The first-order chi connectivity index (χ1) is 14.3. The van der Waals surface area contributed by atoms with Crippen molar-refractivity contribution in [1.82, 2.24) is 19.8 Å². The highest BCUT2D eigenvalue weighted by Gasteiger charge is 2.31. The van der Waals surface area contributed by atoms with E-state index in [4.69, 9.17) is 0 Å². The number of amides is 1. The summed E-state index contributed by atoms with van der Waals surface area (Å²) in [5.41, 5.74) is 0.870. The summed E-state index contributed by atoms with van der Waals surface area (Å²) in [7, 11) is 0. The van der Waals surface area contributed by atoms with Crippen LogP contribution in [0.5, 0.6) is 0 Å². The number of halogens is 3. The second-order valence-electron chi connectivity index (χ2n) is 7.55. The fourth-order valence-corrected chi connectivity index (χ4v) is 3.88. The van der Waals surface area contributed by atoms with Crippen molar-refractivity contribution in [2.24, 2.45) is 0 Å². The molecule has 0 saturated carbocycles. The summed E-state index contributed by atoms with van der Waals surface area (Å²) >= 11 is 0. The maximum absolute atomic E-state index is 13.0. The Labute approximate surface area is 174 Å². The first-order valence-corrected chi connectivity index (χ1v) is 10.3. The van der Waals surface area contributed by atoms with Crippen LogP contribution in [0.15, 0.2) is 36.7 Å². The van der Waals surface area contributed by atoms with Gasteiger partial charge in [-0.1, -0.05) is 12.1 Å². The lowest BCUT2D eigenvalue weighted by atomic mass is 9.94. The molecule has 1 fully saturated rings. The van der Waals surface area contributed by atoms with Crippen molar-refractivity contribution in [3.8, 4) is 11.3 Å². The van der Waals surface area contributed by atoms with Gasteiger partial charge in [0, 0.05) is 37.3 Å². The smallest absolute Gasteiger partial charge is 0.342 e. The van der Waals surface area contributed by atoms with Gasteiger partial charge in [0.25, 0.3) is 0 Å². The number of carbonyl (C=O) groups excluding carboxylic acids is 1. The van der Waals surface area contributed by atoms with Gasteiger partial charge < -0.3 is 4.90 Å². The van der Waals surface area contributed by atoms with Crippen LogP contribution < -0.4 is 0 Å².